The third kappa shape index (κ3) is 8.90. The minimum absolute atomic E-state index is 0.251. The Labute approximate surface area is 119 Å². The molecule has 1 atom stereocenters. The van der Waals surface area contributed by atoms with Crippen LogP contribution in [0.4, 0.5) is 0 Å². The first-order chi connectivity index (χ1) is 9.74. The van der Waals surface area contributed by atoms with Crippen LogP contribution in [-0.2, 0) is 23.7 Å². The summed E-state index contributed by atoms with van der Waals surface area (Å²) in [5, 5.41) is 9.04. The van der Waals surface area contributed by atoms with Crippen molar-refractivity contribution in [3.8, 4) is 0 Å². The van der Waals surface area contributed by atoms with Crippen molar-refractivity contribution >= 4 is 5.97 Å². The first-order valence-electron chi connectivity index (χ1n) is 7.03. The lowest BCUT2D eigenvalue weighted by Gasteiger charge is -2.06. The van der Waals surface area contributed by atoms with Crippen molar-refractivity contribution in [3.63, 3.8) is 0 Å². The molecule has 1 rings (SSSR count). The number of hydrogen-bond donors (Lipinski definition) is 1. The lowest BCUT2D eigenvalue weighted by atomic mass is 10.3. The average Bonchev–Trinajstić information content (AvgIpc) is 3.27. The van der Waals surface area contributed by atoms with Gasteiger partial charge in [0.25, 0.3) is 0 Å². The second kappa shape index (κ2) is 10.7. The van der Waals surface area contributed by atoms with Gasteiger partial charge in [-0.1, -0.05) is 0 Å². The molecule has 1 N–H and O–H groups in total. The molecular formula is C14H24O6. The van der Waals surface area contributed by atoms with Gasteiger partial charge in [0.2, 0.25) is 0 Å². The summed E-state index contributed by atoms with van der Waals surface area (Å²) in [6.45, 7) is 5.31. The Morgan fingerprint density at radius 2 is 1.85 bits per heavy atom. The zero-order valence-corrected chi connectivity index (χ0v) is 12.0. The molecule has 1 saturated heterocycles. The van der Waals surface area contributed by atoms with Crippen molar-refractivity contribution in [2.75, 3.05) is 39.6 Å². The molecule has 0 bridgehead atoms. The number of allylic oxidation sites excluding steroid dienone is 1. The summed E-state index contributed by atoms with van der Waals surface area (Å²) in [4.78, 5) is 11.1. The molecule has 6 nitrogen and oxygen atoms in total. The summed E-state index contributed by atoms with van der Waals surface area (Å²) in [6, 6.07) is 0. The first-order valence-corrected chi connectivity index (χ1v) is 7.03. The lowest BCUT2D eigenvalue weighted by Crippen LogP contribution is -2.10. The van der Waals surface area contributed by atoms with Gasteiger partial charge < -0.3 is 24.1 Å². The van der Waals surface area contributed by atoms with E-state index in [-0.39, 0.29) is 12.4 Å². The fourth-order valence-electron chi connectivity index (χ4n) is 1.41. The van der Waals surface area contributed by atoms with Crippen LogP contribution in [0, 0.1) is 0 Å². The molecule has 0 radical (unpaired) electrons. The maximum Gasteiger partial charge on any atom is 0.373 e. The number of esters is 1. The summed E-state index contributed by atoms with van der Waals surface area (Å²) >= 11 is 0. The predicted molar refractivity (Wildman–Crippen MR) is 72.6 cm³/mol. The van der Waals surface area contributed by atoms with Crippen LogP contribution in [0.1, 0.15) is 26.2 Å². The molecule has 20 heavy (non-hydrogen) atoms. The van der Waals surface area contributed by atoms with E-state index >= 15 is 0 Å². The smallest absolute Gasteiger partial charge is 0.373 e. The monoisotopic (exact) mass is 288 g/mol. The fraction of sp³-hybridized carbons (Fsp3) is 0.786. The van der Waals surface area contributed by atoms with Gasteiger partial charge in [-0.2, -0.15) is 0 Å². The second-order valence-electron chi connectivity index (χ2n) is 4.51. The summed E-state index contributed by atoms with van der Waals surface area (Å²) < 4.78 is 20.6. The molecule has 0 amide bonds. The van der Waals surface area contributed by atoms with Gasteiger partial charge in [0, 0.05) is 26.2 Å². The van der Waals surface area contributed by atoms with E-state index in [1.165, 1.54) is 6.08 Å². The molecule has 0 aromatic heterocycles. The van der Waals surface area contributed by atoms with Crippen molar-refractivity contribution in [3.05, 3.63) is 11.8 Å². The van der Waals surface area contributed by atoms with E-state index in [0.717, 1.165) is 26.1 Å². The standard InChI is InChI=1S/C14H24O6/c1-2-13(15)14(16)19-9-5-8-17-6-3-4-7-18-10-12-11-20-12/h2,12,15H,3-11H2,1H3. The number of rotatable bonds is 12. The van der Waals surface area contributed by atoms with Crippen molar-refractivity contribution < 1.29 is 28.8 Å². The SMILES string of the molecule is CC=C(O)C(=O)OCCCOCCCCOCC1CO1. The summed E-state index contributed by atoms with van der Waals surface area (Å²) in [7, 11) is 0. The third-order valence-electron chi connectivity index (χ3n) is 2.68. The van der Waals surface area contributed by atoms with Crippen LogP contribution in [0.25, 0.3) is 0 Å². The van der Waals surface area contributed by atoms with Crippen LogP contribution < -0.4 is 0 Å². The summed E-state index contributed by atoms with van der Waals surface area (Å²) in [5.74, 6) is -1.05. The highest BCUT2D eigenvalue weighted by Gasteiger charge is 2.21. The van der Waals surface area contributed by atoms with Gasteiger partial charge in [0.05, 0.1) is 19.8 Å². The normalized spacial score (nSPS) is 18.1. The minimum atomic E-state index is -0.690. The van der Waals surface area contributed by atoms with Gasteiger partial charge in [0.1, 0.15) is 6.10 Å². The maximum absolute atomic E-state index is 11.1. The Balaban J connectivity index is 1.74. The Bertz CT molecular complexity index is 298. The van der Waals surface area contributed by atoms with Gasteiger partial charge in [-0.3, -0.25) is 0 Å². The quantitative estimate of drug-likeness (QED) is 0.193. The van der Waals surface area contributed by atoms with Crippen molar-refractivity contribution in [2.45, 2.75) is 32.3 Å². The summed E-state index contributed by atoms with van der Waals surface area (Å²) in [5.41, 5.74) is 0. The molecule has 1 unspecified atom stereocenters. The number of hydrogen-bond acceptors (Lipinski definition) is 6. The highest BCUT2D eigenvalue weighted by Crippen LogP contribution is 2.08. The van der Waals surface area contributed by atoms with E-state index in [1.807, 2.05) is 0 Å². The first kappa shape index (κ1) is 16.9. The van der Waals surface area contributed by atoms with Crippen molar-refractivity contribution in [2.24, 2.45) is 0 Å². The van der Waals surface area contributed by atoms with E-state index in [1.54, 1.807) is 6.92 Å². The Hall–Kier alpha value is -1.11. The number of unbranched alkanes of at least 4 members (excludes halogenated alkanes) is 1. The number of carbonyl (C=O) groups excluding carboxylic acids is 1. The molecule has 1 aliphatic rings. The van der Waals surface area contributed by atoms with Gasteiger partial charge >= 0.3 is 5.97 Å². The van der Waals surface area contributed by atoms with Crippen molar-refractivity contribution in [1.29, 1.82) is 0 Å². The zero-order chi connectivity index (χ0) is 14.6. The van der Waals surface area contributed by atoms with Gasteiger partial charge in [-0.05, 0) is 25.8 Å². The second-order valence-corrected chi connectivity index (χ2v) is 4.51. The van der Waals surface area contributed by atoms with Crippen LogP contribution in [0.3, 0.4) is 0 Å². The van der Waals surface area contributed by atoms with Crippen LogP contribution in [0.2, 0.25) is 0 Å². The van der Waals surface area contributed by atoms with E-state index in [9.17, 15) is 4.79 Å². The largest absolute Gasteiger partial charge is 0.502 e. The third-order valence-corrected chi connectivity index (χ3v) is 2.68. The van der Waals surface area contributed by atoms with Crippen LogP contribution in [-0.4, -0.2) is 56.8 Å². The van der Waals surface area contributed by atoms with Gasteiger partial charge in [-0.25, -0.2) is 4.79 Å². The van der Waals surface area contributed by atoms with Crippen molar-refractivity contribution in [1.82, 2.24) is 0 Å². The average molecular weight is 288 g/mol. The van der Waals surface area contributed by atoms with E-state index < -0.39 is 5.97 Å². The predicted octanol–water partition coefficient (Wildman–Crippen LogP) is 1.59. The topological polar surface area (TPSA) is 77.5 Å². The molecule has 0 spiro atoms. The number of ether oxygens (including phenoxy) is 4. The molecule has 116 valence electrons. The fourth-order valence-corrected chi connectivity index (χ4v) is 1.41. The molecule has 1 aliphatic heterocycles. The molecule has 1 fully saturated rings. The Kier molecular flexibility index (Phi) is 9.02. The molecule has 6 heteroatoms. The Morgan fingerprint density at radius 1 is 1.20 bits per heavy atom. The number of aliphatic hydroxyl groups excluding tert-OH is 1. The number of carbonyl (C=O) groups is 1. The molecule has 0 aromatic rings. The lowest BCUT2D eigenvalue weighted by molar-refractivity contribution is -0.142. The highest BCUT2D eigenvalue weighted by molar-refractivity contribution is 5.85. The van der Waals surface area contributed by atoms with Crippen LogP contribution >= 0.6 is 0 Å². The zero-order valence-electron chi connectivity index (χ0n) is 12.0. The molecule has 0 aromatic carbocycles. The summed E-state index contributed by atoms with van der Waals surface area (Å²) in [6.07, 6.45) is 4.17. The molecule has 0 aliphatic carbocycles. The van der Waals surface area contributed by atoms with Gasteiger partial charge in [0.15, 0.2) is 5.76 Å². The van der Waals surface area contributed by atoms with Crippen LogP contribution in [0.15, 0.2) is 11.8 Å². The maximum atomic E-state index is 11.1. The van der Waals surface area contributed by atoms with E-state index in [0.29, 0.717) is 32.3 Å². The van der Waals surface area contributed by atoms with E-state index in [4.69, 9.17) is 24.1 Å². The Morgan fingerprint density at radius 3 is 2.50 bits per heavy atom. The van der Waals surface area contributed by atoms with Crippen LogP contribution in [0.5, 0.6) is 0 Å². The molecule has 0 saturated carbocycles. The number of epoxide rings is 1. The molecular weight excluding hydrogens is 264 g/mol. The molecule has 1 heterocycles. The minimum Gasteiger partial charge on any atom is -0.502 e. The van der Waals surface area contributed by atoms with Gasteiger partial charge in [-0.15, -0.1) is 0 Å². The van der Waals surface area contributed by atoms with E-state index in [2.05, 4.69) is 0 Å². The highest BCUT2D eigenvalue weighted by atomic mass is 16.6. The number of aliphatic hydroxyl groups is 1.